The first kappa shape index (κ1) is 20.3. The summed E-state index contributed by atoms with van der Waals surface area (Å²) in [6.45, 7) is 2.52. The van der Waals surface area contributed by atoms with Gasteiger partial charge in [-0.05, 0) is 47.4 Å². The first-order chi connectivity index (χ1) is 12.8. The van der Waals surface area contributed by atoms with Crippen LogP contribution in [0.3, 0.4) is 0 Å². The molecule has 0 amide bonds. The second kappa shape index (κ2) is 9.07. The highest BCUT2D eigenvalue weighted by Gasteiger charge is 2.30. The van der Waals surface area contributed by atoms with Gasteiger partial charge in [-0.25, -0.2) is 4.79 Å². The molecule has 0 radical (unpaired) electrons. The van der Waals surface area contributed by atoms with Crippen molar-refractivity contribution in [3.05, 3.63) is 83.4 Å². The molecule has 0 saturated carbocycles. The average molecular weight is 376 g/mol. The summed E-state index contributed by atoms with van der Waals surface area (Å²) in [5.41, 5.74) is 1.08. The number of ether oxygens (including phenoxy) is 1. The normalized spacial score (nSPS) is 12.4. The summed E-state index contributed by atoms with van der Waals surface area (Å²) in [6, 6.07) is 11.9. The number of halogens is 3. The van der Waals surface area contributed by atoms with Crippen LogP contribution in [0.5, 0.6) is 5.75 Å². The predicted molar refractivity (Wildman–Crippen MR) is 97.5 cm³/mol. The molecule has 0 heterocycles. The van der Waals surface area contributed by atoms with Crippen molar-refractivity contribution >= 4 is 11.5 Å². The predicted octanol–water partition coefficient (Wildman–Crippen LogP) is 5.57. The fourth-order valence-corrected chi connectivity index (χ4v) is 2.40. The van der Waals surface area contributed by atoms with Crippen molar-refractivity contribution in [2.24, 2.45) is 0 Å². The quantitative estimate of drug-likeness (QED) is 0.508. The Balaban J connectivity index is 2.45. The molecule has 0 aliphatic rings. The van der Waals surface area contributed by atoms with Crippen LogP contribution in [0.4, 0.5) is 13.2 Å². The highest BCUT2D eigenvalue weighted by Crippen LogP contribution is 2.32. The maximum atomic E-state index is 12.8. The highest BCUT2D eigenvalue weighted by molar-refractivity contribution is 5.84. The number of carboxylic acids is 1. The zero-order chi connectivity index (χ0) is 19.9. The molecule has 0 atom stereocenters. The van der Waals surface area contributed by atoms with Crippen LogP contribution in [0, 0.1) is 0 Å². The Kier molecular flexibility index (Phi) is 6.82. The third kappa shape index (κ3) is 6.02. The lowest BCUT2D eigenvalue weighted by atomic mass is 9.96. The Morgan fingerprint density at radius 3 is 2.41 bits per heavy atom. The van der Waals surface area contributed by atoms with Crippen molar-refractivity contribution in [1.82, 2.24) is 0 Å². The van der Waals surface area contributed by atoms with E-state index < -0.39 is 17.7 Å². The third-order valence-electron chi connectivity index (χ3n) is 3.64. The van der Waals surface area contributed by atoms with Crippen molar-refractivity contribution in [2.75, 3.05) is 6.61 Å². The van der Waals surface area contributed by atoms with Gasteiger partial charge in [-0.3, -0.25) is 0 Å². The van der Waals surface area contributed by atoms with Gasteiger partial charge in [0.05, 0.1) is 12.2 Å². The molecule has 0 aliphatic heterocycles. The standard InChI is InChI=1S/C21H19F3O3/c1-2-13-27-18-6-3-5-16(14-18)19(7-4-8-20(25)26)15-9-11-17(12-10-15)21(22,23)24/h3-12,14H,2,13H2,1H3,(H,25,26)/b8-4+,19-7+. The van der Waals surface area contributed by atoms with Crippen LogP contribution in [-0.4, -0.2) is 17.7 Å². The summed E-state index contributed by atoms with van der Waals surface area (Å²) < 4.78 is 44.0. The lowest BCUT2D eigenvalue weighted by Crippen LogP contribution is -2.04. The fourth-order valence-electron chi connectivity index (χ4n) is 2.40. The molecule has 0 fully saturated rings. The first-order valence-electron chi connectivity index (χ1n) is 8.33. The Hall–Kier alpha value is -3.02. The summed E-state index contributed by atoms with van der Waals surface area (Å²) in [6.07, 6.45) is 0.277. The zero-order valence-electron chi connectivity index (χ0n) is 14.7. The monoisotopic (exact) mass is 376 g/mol. The molecule has 0 spiro atoms. The van der Waals surface area contributed by atoms with Crippen molar-refractivity contribution in [1.29, 1.82) is 0 Å². The molecule has 0 saturated heterocycles. The molecule has 1 N–H and O–H groups in total. The van der Waals surface area contributed by atoms with Crippen molar-refractivity contribution in [3.63, 3.8) is 0 Å². The fraction of sp³-hybridized carbons (Fsp3) is 0.190. The summed E-state index contributed by atoms with van der Waals surface area (Å²) in [4.78, 5) is 10.7. The van der Waals surface area contributed by atoms with E-state index in [-0.39, 0.29) is 0 Å². The largest absolute Gasteiger partial charge is 0.494 e. The SMILES string of the molecule is CCCOc1cccc(/C(=C/C=C/C(=O)O)c2ccc(C(F)(F)F)cc2)c1. The van der Waals surface area contributed by atoms with Crippen molar-refractivity contribution in [2.45, 2.75) is 19.5 Å². The molecule has 2 aromatic rings. The van der Waals surface area contributed by atoms with E-state index in [9.17, 15) is 18.0 Å². The average Bonchev–Trinajstić information content (AvgIpc) is 2.63. The maximum Gasteiger partial charge on any atom is 0.416 e. The summed E-state index contributed by atoms with van der Waals surface area (Å²) in [7, 11) is 0. The summed E-state index contributed by atoms with van der Waals surface area (Å²) in [5, 5.41) is 8.77. The molecule has 0 unspecified atom stereocenters. The molecule has 0 aliphatic carbocycles. The topological polar surface area (TPSA) is 46.5 Å². The van der Waals surface area contributed by atoms with E-state index in [2.05, 4.69) is 0 Å². The number of aliphatic carboxylic acids is 1. The highest BCUT2D eigenvalue weighted by atomic mass is 19.4. The molecular weight excluding hydrogens is 357 g/mol. The number of benzene rings is 2. The van der Waals surface area contributed by atoms with E-state index in [0.717, 1.165) is 24.6 Å². The Morgan fingerprint density at radius 1 is 1.11 bits per heavy atom. The van der Waals surface area contributed by atoms with Crippen LogP contribution in [0.1, 0.15) is 30.0 Å². The van der Waals surface area contributed by atoms with E-state index >= 15 is 0 Å². The molecule has 2 aromatic carbocycles. The second-order valence-electron chi connectivity index (χ2n) is 5.73. The van der Waals surface area contributed by atoms with Gasteiger partial charge in [0.1, 0.15) is 5.75 Å². The van der Waals surface area contributed by atoms with E-state index in [1.807, 2.05) is 6.92 Å². The molecule has 6 heteroatoms. The lowest BCUT2D eigenvalue weighted by Gasteiger charge is -2.12. The van der Waals surface area contributed by atoms with Gasteiger partial charge < -0.3 is 9.84 Å². The first-order valence-corrected chi connectivity index (χ1v) is 8.33. The van der Waals surface area contributed by atoms with E-state index in [0.29, 0.717) is 29.1 Å². The number of allylic oxidation sites excluding steroid dienone is 2. The Morgan fingerprint density at radius 2 is 1.81 bits per heavy atom. The van der Waals surface area contributed by atoms with Crippen LogP contribution < -0.4 is 4.74 Å². The number of hydrogen-bond donors (Lipinski definition) is 1. The Bertz CT molecular complexity index is 834. The van der Waals surface area contributed by atoms with E-state index in [1.165, 1.54) is 18.2 Å². The van der Waals surface area contributed by atoms with Crippen LogP contribution >= 0.6 is 0 Å². The minimum atomic E-state index is -4.42. The molecule has 0 bridgehead atoms. The van der Waals surface area contributed by atoms with Gasteiger partial charge in [0.25, 0.3) is 0 Å². The van der Waals surface area contributed by atoms with Gasteiger partial charge in [-0.1, -0.05) is 43.3 Å². The third-order valence-corrected chi connectivity index (χ3v) is 3.64. The van der Waals surface area contributed by atoms with Crippen LogP contribution in [0.2, 0.25) is 0 Å². The second-order valence-corrected chi connectivity index (χ2v) is 5.73. The molecular formula is C21H19F3O3. The van der Waals surface area contributed by atoms with Gasteiger partial charge in [0.15, 0.2) is 0 Å². The number of carbonyl (C=O) groups is 1. The van der Waals surface area contributed by atoms with E-state index in [1.54, 1.807) is 30.3 Å². The van der Waals surface area contributed by atoms with Gasteiger partial charge in [0.2, 0.25) is 0 Å². The molecule has 0 aromatic heterocycles. The molecule has 3 nitrogen and oxygen atoms in total. The minimum Gasteiger partial charge on any atom is -0.494 e. The van der Waals surface area contributed by atoms with Gasteiger partial charge in [-0.2, -0.15) is 13.2 Å². The zero-order valence-corrected chi connectivity index (χ0v) is 14.7. The van der Waals surface area contributed by atoms with Gasteiger partial charge >= 0.3 is 12.1 Å². The molecule has 142 valence electrons. The number of alkyl halides is 3. The van der Waals surface area contributed by atoms with Crippen LogP contribution in [-0.2, 0) is 11.0 Å². The summed E-state index contributed by atoms with van der Waals surface area (Å²) in [5.74, 6) is -0.479. The lowest BCUT2D eigenvalue weighted by molar-refractivity contribution is -0.137. The van der Waals surface area contributed by atoms with Crippen molar-refractivity contribution in [3.8, 4) is 5.75 Å². The van der Waals surface area contributed by atoms with Crippen molar-refractivity contribution < 1.29 is 27.8 Å². The van der Waals surface area contributed by atoms with Crippen LogP contribution in [0.25, 0.3) is 5.57 Å². The number of carboxylic acid groups (broad SMARTS) is 1. The summed E-state index contributed by atoms with van der Waals surface area (Å²) >= 11 is 0. The van der Waals surface area contributed by atoms with Gasteiger partial charge in [-0.15, -0.1) is 0 Å². The van der Waals surface area contributed by atoms with Gasteiger partial charge in [0, 0.05) is 6.08 Å². The maximum absolute atomic E-state index is 12.8. The molecule has 27 heavy (non-hydrogen) atoms. The minimum absolute atomic E-state index is 0.533. The Labute approximate surface area is 155 Å². The smallest absolute Gasteiger partial charge is 0.416 e. The number of hydrogen-bond acceptors (Lipinski definition) is 2. The molecule has 2 rings (SSSR count). The van der Waals surface area contributed by atoms with E-state index in [4.69, 9.17) is 9.84 Å². The van der Waals surface area contributed by atoms with Crippen LogP contribution in [0.15, 0.2) is 66.8 Å². The number of rotatable bonds is 7.